The number of ether oxygens (including phenoxy) is 2. The van der Waals surface area contributed by atoms with Crippen LogP contribution in [0.15, 0.2) is 18.2 Å². The van der Waals surface area contributed by atoms with Crippen molar-refractivity contribution >= 4 is 5.97 Å². The van der Waals surface area contributed by atoms with Crippen molar-refractivity contribution in [3.63, 3.8) is 0 Å². The zero-order valence-electron chi connectivity index (χ0n) is 10.0. The van der Waals surface area contributed by atoms with Gasteiger partial charge in [-0.3, -0.25) is 0 Å². The molecule has 0 saturated carbocycles. The van der Waals surface area contributed by atoms with E-state index in [2.05, 4.69) is 0 Å². The third kappa shape index (κ3) is 3.10. The van der Waals surface area contributed by atoms with Crippen LogP contribution in [0.5, 0.6) is 11.5 Å². The van der Waals surface area contributed by atoms with Crippen molar-refractivity contribution in [3.8, 4) is 11.5 Å². The Morgan fingerprint density at radius 3 is 2.35 bits per heavy atom. The van der Waals surface area contributed by atoms with Crippen LogP contribution in [0.25, 0.3) is 0 Å². The highest BCUT2D eigenvalue weighted by Gasteiger charge is 2.25. The molecule has 0 aliphatic rings. The summed E-state index contributed by atoms with van der Waals surface area (Å²) in [6.45, 7) is 3.63. The molecule has 17 heavy (non-hydrogen) atoms. The second kappa shape index (κ2) is 5.54. The minimum absolute atomic E-state index is 0.123. The maximum absolute atomic E-state index is 10.8. The molecule has 1 unspecified atom stereocenters. The van der Waals surface area contributed by atoms with Gasteiger partial charge in [-0.2, -0.15) is 0 Å². The molecular formula is C12H16O5. The molecule has 2 N–H and O–H groups in total. The molecule has 0 spiro atoms. The Labute approximate surface area is 99.6 Å². The third-order valence-corrected chi connectivity index (χ3v) is 2.12. The van der Waals surface area contributed by atoms with E-state index in [1.807, 2.05) is 13.8 Å². The molecule has 0 saturated heterocycles. The molecule has 0 aliphatic heterocycles. The Hall–Kier alpha value is -1.75. The minimum atomic E-state index is -1.67. The molecule has 0 aliphatic carbocycles. The lowest BCUT2D eigenvalue weighted by Crippen LogP contribution is -2.15. The van der Waals surface area contributed by atoms with Crippen molar-refractivity contribution in [1.29, 1.82) is 0 Å². The molecule has 0 heterocycles. The SMILES string of the molecule is COc1cccc(OC(C)C)c1C(O)C(=O)O. The fourth-order valence-corrected chi connectivity index (χ4v) is 1.45. The Bertz CT molecular complexity index is 400. The number of hydrogen-bond acceptors (Lipinski definition) is 4. The summed E-state index contributed by atoms with van der Waals surface area (Å²) < 4.78 is 10.5. The van der Waals surface area contributed by atoms with Gasteiger partial charge in [0.25, 0.3) is 0 Å². The van der Waals surface area contributed by atoms with Crippen LogP contribution < -0.4 is 9.47 Å². The van der Waals surface area contributed by atoms with Crippen LogP contribution in [0, 0.1) is 0 Å². The van der Waals surface area contributed by atoms with Gasteiger partial charge in [-0.15, -0.1) is 0 Å². The molecule has 5 nitrogen and oxygen atoms in total. The molecule has 1 atom stereocenters. The van der Waals surface area contributed by atoms with E-state index in [4.69, 9.17) is 14.6 Å². The van der Waals surface area contributed by atoms with Crippen molar-refractivity contribution in [2.45, 2.75) is 26.1 Å². The summed E-state index contributed by atoms with van der Waals surface area (Å²) in [5, 5.41) is 18.5. The largest absolute Gasteiger partial charge is 0.496 e. The predicted octanol–water partition coefficient (Wildman–Crippen LogP) is 1.60. The van der Waals surface area contributed by atoms with Gasteiger partial charge >= 0.3 is 5.97 Å². The van der Waals surface area contributed by atoms with Crippen LogP contribution in [0.3, 0.4) is 0 Å². The summed E-state index contributed by atoms with van der Waals surface area (Å²) in [5.74, 6) is -0.740. The second-order valence-corrected chi connectivity index (χ2v) is 3.78. The maximum Gasteiger partial charge on any atom is 0.337 e. The first-order chi connectivity index (χ1) is 7.97. The van der Waals surface area contributed by atoms with E-state index in [0.717, 1.165) is 0 Å². The molecule has 94 valence electrons. The predicted molar refractivity (Wildman–Crippen MR) is 61.4 cm³/mol. The smallest absolute Gasteiger partial charge is 0.337 e. The first-order valence-electron chi connectivity index (χ1n) is 5.21. The van der Waals surface area contributed by atoms with E-state index in [-0.39, 0.29) is 17.4 Å². The lowest BCUT2D eigenvalue weighted by molar-refractivity contribution is -0.147. The van der Waals surface area contributed by atoms with Crippen LogP contribution >= 0.6 is 0 Å². The summed E-state index contributed by atoms with van der Waals surface area (Å²) in [6.07, 6.45) is -1.79. The topological polar surface area (TPSA) is 76.0 Å². The van der Waals surface area contributed by atoms with Crippen LogP contribution in [0.2, 0.25) is 0 Å². The summed E-state index contributed by atoms with van der Waals surface area (Å²) in [5.41, 5.74) is 0.135. The van der Waals surface area contributed by atoms with Crippen molar-refractivity contribution in [1.82, 2.24) is 0 Å². The maximum atomic E-state index is 10.8. The zero-order chi connectivity index (χ0) is 13.0. The quantitative estimate of drug-likeness (QED) is 0.817. The van der Waals surface area contributed by atoms with Gasteiger partial charge in [-0.05, 0) is 26.0 Å². The van der Waals surface area contributed by atoms with E-state index in [1.54, 1.807) is 18.2 Å². The first-order valence-corrected chi connectivity index (χ1v) is 5.21. The average Bonchev–Trinajstić information content (AvgIpc) is 2.26. The Morgan fingerprint density at radius 2 is 1.88 bits per heavy atom. The molecule has 5 heteroatoms. The van der Waals surface area contributed by atoms with Gasteiger partial charge in [0.1, 0.15) is 11.5 Å². The lowest BCUT2D eigenvalue weighted by atomic mass is 10.1. The standard InChI is InChI=1S/C12H16O5/c1-7(2)17-9-6-4-5-8(16-3)10(9)11(13)12(14)15/h4-7,11,13H,1-3H3,(H,14,15). The Balaban J connectivity index is 3.24. The number of carbonyl (C=O) groups is 1. The zero-order valence-corrected chi connectivity index (χ0v) is 10.0. The summed E-state index contributed by atoms with van der Waals surface area (Å²) in [6, 6.07) is 4.85. The Kier molecular flexibility index (Phi) is 4.34. The van der Waals surface area contributed by atoms with Crippen molar-refractivity contribution in [2.24, 2.45) is 0 Å². The monoisotopic (exact) mass is 240 g/mol. The third-order valence-electron chi connectivity index (χ3n) is 2.12. The lowest BCUT2D eigenvalue weighted by Gasteiger charge is -2.18. The number of hydrogen-bond donors (Lipinski definition) is 2. The van der Waals surface area contributed by atoms with Gasteiger partial charge in [0.2, 0.25) is 0 Å². The number of aliphatic hydroxyl groups excluding tert-OH is 1. The molecule has 0 radical (unpaired) electrons. The van der Waals surface area contributed by atoms with Crippen molar-refractivity contribution < 1.29 is 24.5 Å². The molecule has 0 bridgehead atoms. The fourth-order valence-electron chi connectivity index (χ4n) is 1.45. The highest BCUT2D eigenvalue weighted by atomic mass is 16.5. The number of carboxylic acids is 1. The molecule has 0 aromatic heterocycles. The second-order valence-electron chi connectivity index (χ2n) is 3.78. The molecule has 0 fully saturated rings. The summed E-state index contributed by atoms with van der Waals surface area (Å²) in [7, 11) is 1.41. The van der Waals surface area contributed by atoms with Crippen LogP contribution in [0.1, 0.15) is 25.5 Å². The van der Waals surface area contributed by atoms with Gasteiger partial charge in [0.05, 0.1) is 18.8 Å². The molecular weight excluding hydrogens is 224 g/mol. The van der Waals surface area contributed by atoms with Crippen molar-refractivity contribution in [2.75, 3.05) is 7.11 Å². The number of aliphatic hydroxyl groups is 1. The van der Waals surface area contributed by atoms with Crippen LogP contribution in [0.4, 0.5) is 0 Å². The van der Waals surface area contributed by atoms with E-state index in [1.165, 1.54) is 7.11 Å². The van der Waals surface area contributed by atoms with E-state index in [9.17, 15) is 9.90 Å². The highest BCUT2D eigenvalue weighted by molar-refractivity contribution is 5.76. The molecule has 1 aromatic carbocycles. The fraction of sp³-hybridized carbons (Fsp3) is 0.417. The highest BCUT2D eigenvalue weighted by Crippen LogP contribution is 2.34. The van der Waals surface area contributed by atoms with Gasteiger partial charge in [-0.1, -0.05) is 6.07 Å². The summed E-state index contributed by atoms with van der Waals surface area (Å²) in [4.78, 5) is 10.8. The van der Waals surface area contributed by atoms with E-state index in [0.29, 0.717) is 5.75 Å². The Morgan fingerprint density at radius 1 is 1.29 bits per heavy atom. The molecule has 1 rings (SSSR count). The number of aliphatic carboxylic acids is 1. The van der Waals surface area contributed by atoms with Gasteiger partial charge in [0.15, 0.2) is 6.10 Å². The average molecular weight is 240 g/mol. The van der Waals surface area contributed by atoms with E-state index >= 15 is 0 Å². The van der Waals surface area contributed by atoms with Crippen molar-refractivity contribution in [3.05, 3.63) is 23.8 Å². The number of carboxylic acid groups (broad SMARTS) is 1. The normalized spacial score (nSPS) is 12.3. The van der Waals surface area contributed by atoms with Crippen LogP contribution in [-0.4, -0.2) is 29.4 Å². The van der Waals surface area contributed by atoms with Gasteiger partial charge in [0, 0.05) is 0 Å². The van der Waals surface area contributed by atoms with Crippen LogP contribution in [-0.2, 0) is 4.79 Å². The van der Waals surface area contributed by atoms with Gasteiger partial charge in [-0.25, -0.2) is 4.79 Å². The van der Waals surface area contributed by atoms with Gasteiger partial charge < -0.3 is 19.7 Å². The summed E-state index contributed by atoms with van der Waals surface area (Å²) >= 11 is 0. The minimum Gasteiger partial charge on any atom is -0.496 e. The number of methoxy groups -OCH3 is 1. The molecule has 1 aromatic rings. The molecule has 0 amide bonds. The number of benzene rings is 1. The first kappa shape index (κ1) is 13.3. The number of rotatable bonds is 5. The van der Waals surface area contributed by atoms with E-state index < -0.39 is 12.1 Å².